The molecule has 0 aromatic carbocycles. The summed E-state index contributed by atoms with van der Waals surface area (Å²) in [6, 6.07) is 0. The summed E-state index contributed by atoms with van der Waals surface area (Å²) < 4.78 is 0. The number of rotatable bonds is 6. The Hall–Kier alpha value is -0.0800. The fourth-order valence-electron chi connectivity index (χ4n) is 0.925. The highest BCUT2D eigenvalue weighted by Gasteiger charge is 1.98. The second-order valence-electron chi connectivity index (χ2n) is 2.74. The average Bonchev–Trinajstić information content (AvgIpc) is 1.98. The van der Waals surface area contributed by atoms with Crippen LogP contribution in [0.25, 0.3) is 0 Å². The zero-order chi connectivity index (χ0) is 7.82. The van der Waals surface area contributed by atoms with Crippen molar-refractivity contribution in [2.75, 3.05) is 6.54 Å². The van der Waals surface area contributed by atoms with E-state index >= 15 is 0 Å². The molecular weight excluding hydrogens is 126 g/mol. The molecule has 0 rings (SSSR count). The van der Waals surface area contributed by atoms with Gasteiger partial charge in [0, 0.05) is 6.54 Å². The number of aliphatic hydroxyl groups is 1. The minimum atomic E-state index is -0.267. The molecule has 0 saturated heterocycles. The second-order valence-corrected chi connectivity index (χ2v) is 2.74. The van der Waals surface area contributed by atoms with Gasteiger partial charge in [0.2, 0.25) is 0 Å². The summed E-state index contributed by atoms with van der Waals surface area (Å²) in [5.74, 6) is 0. The van der Waals surface area contributed by atoms with Gasteiger partial charge in [-0.3, -0.25) is 0 Å². The topological polar surface area (TPSA) is 46.2 Å². The van der Waals surface area contributed by atoms with Crippen molar-refractivity contribution in [3.05, 3.63) is 0 Å². The minimum absolute atomic E-state index is 0.267. The smallest absolute Gasteiger partial charge is 0.0662 e. The van der Waals surface area contributed by atoms with E-state index in [0.29, 0.717) is 6.54 Å². The van der Waals surface area contributed by atoms with Crippen LogP contribution in [0.15, 0.2) is 0 Å². The third kappa shape index (κ3) is 6.05. The molecule has 0 saturated carbocycles. The molecule has 0 aliphatic heterocycles. The zero-order valence-electron chi connectivity index (χ0n) is 6.84. The molecule has 0 aliphatic carbocycles. The number of hydrogen-bond donors (Lipinski definition) is 2. The summed E-state index contributed by atoms with van der Waals surface area (Å²) in [4.78, 5) is 0. The number of unbranched alkanes of at least 4 members (excludes halogenated alkanes) is 3. The van der Waals surface area contributed by atoms with E-state index in [0.717, 1.165) is 12.8 Å². The molecule has 1 atom stereocenters. The second kappa shape index (κ2) is 7.03. The van der Waals surface area contributed by atoms with Gasteiger partial charge in [0.05, 0.1) is 6.10 Å². The van der Waals surface area contributed by atoms with Crippen LogP contribution in [0.4, 0.5) is 0 Å². The Morgan fingerprint density at radius 3 is 2.50 bits per heavy atom. The van der Waals surface area contributed by atoms with Crippen molar-refractivity contribution < 1.29 is 5.11 Å². The monoisotopic (exact) mass is 145 g/mol. The Labute approximate surface area is 63.4 Å². The van der Waals surface area contributed by atoms with Gasteiger partial charge in [0.1, 0.15) is 0 Å². The molecule has 0 aromatic heterocycles. The summed E-state index contributed by atoms with van der Waals surface area (Å²) in [6.45, 7) is 2.59. The Kier molecular flexibility index (Phi) is 6.98. The van der Waals surface area contributed by atoms with Crippen LogP contribution in [0.1, 0.15) is 39.0 Å². The van der Waals surface area contributed by atoms with E-state index < -0.39 is 0 Å². The predicted molar refractivity (Wildman–Crippen MR) is 43.8 cm³/mol. The summed E-state index contributed by atoms with van der Waals surface area (Å²) in [6.07, 6.45) is 5.48. The van der Waals surface area contributed by atoms with Gasteiger partial charge in [0.25, 0.3) is 0 Å². The van der Waals surface area contributed by atoms with Crippen LogP contribution in [0.5, 0.6) is 0 Å². The van der Waals surface area contributed by atoms with Gasteiger partial charge in [-0.15, -0.1) is 0 Å². The van der Waals surface area contributed by atoms with Crippen LogP contribution < -0.4 is 5.73 Å². The molecule has 0 aliphatic rings. The van der Waals surface area contributed by atoms with E-state index in [-0.39, 0.29) is 6.10 Å². The highest BCUT2D eigenvalue weighted by Crippen LogP contribution is 2.04. The molecule has 2 nitrogen and oxygen atoms in total. The van der Waals surface area contributed by atoms with Gasteiger partial charge < -0.3 is 10.8 Å². The van der Waals surface area contributed by atoms with Gasteiger partial charge in [-0.2, -0.15) is 0 Å². The van der Waals surface area contributed by atoms with E-state index in [2.05, 4.69) is 6.92 Å². The molecule has 2 heteroatoms. The van der Waals surface area contributed by atoms with Gasteiger partial charge in [-0.25, -0.2) is 0 Å². The van der Waals surface area contributed by atoms with Crippen LogP contribution in [-0.2, 0) is 0 Å². The van der Waals surface area contributed by atoms with Crippen molar-refractivity contribution in [2.24, 2.45) is 5.73 Å². The maximum atomic E-state index is 9.03. The van der Waals surface area contributed by atoms with Crippen LogP contribution in [0.3, 0.4) is 0 Å². The first-order chi connectivity index (χ1) is 4.81. The van der Waals surface area contributed by atoms with Gasteiger partial charge >= 0.3 is 0 Å². The summed E-state index contributed by atoms with van der Waals surface area (Å²) in [5.41, 5.74) is 5.24. The van der Waals surface area contributed by atoms with Gasteiger partial charge in [-0.05, 0) is 6.42 Å². The Morgan fingerprint density at radius 1 is 1.30 bits per heavy atom. The van der Waals surface area contributed by atoms with Crippen LogP contribution in [-0.4, -0.2) is 17.8 Å². The Bertz CT molecular complexity index is 66.3. The first-order valence-electron chi connectivity index (χ1n) is 4.19. The molecule has 3 N–H and O–H groups in total. The minimum Gasteiger partial charge on any atom is -0.392 e. The highest BCUT2D eigenvalue weighted by molar-refractivity contribution is 4.54. The quantitative estimate of drug-likeness (QED) is 0.553. The van der Waals surface area contributed by atoms with E-state index in [1.165, 1.54) is 19.3 Å². The molecule has 0 radical (unpaired) electrons. The number of hydrogen-bond acceptors (Lipinski definition) is 2. The van der Waals surface area contributed by atoms with Crippen LogP contribution >= 0.6 is 0 Å². The lowest BCUT2D eigenvalue weighted by Gasteiger charge is -2.05. The first-order valence-corrected chi connectivity index (χ1v) is 4.19. The highest BCUT2D eigenvalue weighted by atomic mass is 16.3. The molecule has 10 heavy (non-hydrogen) atoms. The zero-order valence-corrected chi connectivity index (χ0v) is 6.84. The SMILES string of the molecule is CCCCCC[C@@H](O)CN. The Balaban J connectivity index is 2.89. The number of nitrogens with two attached hydrogens (primary N) is 1. The van der Waals surface area contributed by atoms with Crippen molar-refractivity contribution in [3.63, 3.8) is 0 Å². The molecule has 0 spiro atoms. The lowest BCUT2D eigenvalue weighted by Crippen LogP contribution is -2.19. The van der Waals surface area contributed by atoms with E-state index in [1.54, 1.807) is 0 Å². The lowest BCUT2D eigenvalue weighted by molar-refractivity contribution is 0.169. The first kappa shape index (κ1) is 9.92. The van der Waals surface area contributed by atoms with Crippen molar-refractivity contribution in [3.8, 4) is 0 Å². The maximum absolute atomic E-state index is 9.03. The van der Waals surface area contributed by atoms with E-state index in [4.69, 9.17) is 10.8 Å². The normalized spacial score (nSPS) is 13.5. The van der Waals surface area contributed by atoms with Crippen LogP contribution in [0.2, 0.25) is 0 Å². The molecule has 0 aromatic rings. The molecular formula is C8H19NO. The van der Waals surface area contributed by atoms with Gasteiger partial charge in [-0.1, -0.05) is 32.6 Å². The van der Waals surface area contributed by atoms with Crippen molar-refractivity contribution in [1.29, 1.82) is 0 Å². The van der Waals surface area contributed by atoms with Crippen molar-refractivity contribution >= 4 is 0 Å². The molecule has 0 fully saturated rings. The average molecular weight is 145 g/mol. The maximum Gasteiger partial charge on any atom is 0.0662 e. The largest absolute Gasteiger partial charge is 0.392 e. The molecule has 62 valence electrons. The summed E-state index contributed by atoms with van der Waals surface area (Å²) in [7, 11) is 0. The fourth-order valence-corrected chi connectivity index (χ4v) is 0.925. The third-order valence-corrected chi connectivity index (χ3v) is 1.66. The number of aliphatic hydroxyl groups excluding tert-OH is 1. The van der Waals surface area contributed by atoms with E-state index in [9.17, 15) is 0 Å². The molecule has 0 bridgehead atoms. The Morgan fingerprint density at radius 2 is 2.00 bits per heavy atom. The predicted octanol–water partition coefficient (Wildman–Crippen LogP) is 1.28. The lowest BCUT2D eigenvalue weighted by atomic mass is 10.1. The standard InChI is InChI=1S/C8H19NO/c1-2-3-4-5-6-8(10)7-9/h8,10H,2-7,9H2,1H3/t8-/m1/s1. The molecule has 0 heterocycles. The van der Waals surface area contributed by atoms with Crippen LogP contribution in [0, 0.1) is 0 Å². The summed E-state index contributed by atoms with van der Waals surface area (Å²) in [5, 5.41) is 9.03. The fraction of sp³-hybridized carbons (Fsp3) is 1.00. The molecule has 0 amide bonds. The van der Waals surface area contributed by atoms with E-state index in [1.807, 2.05) is 0 Å². The molecule has 0 unspecified atom stereocenters. The van der Waals surface area contributed by atoms with Crippen molar-refractivity contribution in [2.45, 2.75) is 45.1 Å². The van der Waals surface area contributed by atoms with Crippen molar-refractivity contribution in [1.82, 2.24) is 0 Å². The third-order valence-electron chi connectivity index (χ3n) is 1.66. The summed E-state index contributed by atoms with van der Waals surface area (Å²) >= 11 is 0. The van der Waals surface area contributed by atoms with Gasteiger partial charge in [0.15, 0.2) is 0 Å².